The summed E-state index contributed by atoms with van der Waals surface area (Å²) in [5.74, 6) is 0.462. The van der Waals surface area contributed by atoms with Gasteiger partial charge in [0.1, 0.15) is 5.75 Å². The van der Waals surface area contributed by atoms with Gasteiger partial charge in [-0.05, 0) is 33.8 Å². The van der Waals surface area contributed by atoms with E-state index in [4.69, 9.17) is 10.5 Å². The Morgan fingerprint density at radius 1 is 1.44 bits per heavy atom. The van der Waals surface area contributed by atoms with Crippen LogP contribution in [-0.4, -0.2) is 18.1 Å². The maximum atomic E-state index is 11.3. The van der Waals surface area contributed by atoms with E-state index in [1.807, 2.05) is 38.1 Å². The fourth-order valence-electron chi connectivity index (χ4n) is 1.82. The first-order valence-electron chi connectivity index (χ1n) is 6.17. The van der Waals surface area contributed by atoms with Crippen molar-refractivity contribution in [1.82, 2.24) is 5.32 Å². The van der Waals surface area contributed by atoms with Crippen LogP contribution in [0.5, 0.6) is 5.75 Å². The van der Waals surface area contributed by atoms with Crippen molar-refractivity contribution in [2.24, 2.45) is 5.73 Å². The number of primary amides is 1. The van der Waals surface area contributed by atoms with Crippen molar-refractivity contribution in [1.29, 1.82) is 0 Å². The van der Waals surface area contributed by atoms with Gasteiger partial charge in [0.25, 0.3) is 0 Å². The van der Waals surface area contributed by atoms with Gasteiger partial charge in [-0.25, -0.2) is 0 Å². The third-order valence-electron chi connectivity index (χ3n) is 2.88. The van der Waals surface area contributed by atoms with Gasteiger partial charge >= 0.3 is 0 Å². The Bertz CT molecular complexity index is 416. The highest BCUT2D eigenvalue weighted by atomic mass is 16.5. The monoisotopic (exact) mass is 250 g/mol. The minimum Gasteiger partial charge on any atom is -0.494 e. The number of carbonyl (C=O) groups is 1. The second-order valence-corrected chi connectivity index (χ2v) is 4.83. The molecule has 1 aromatic carbocycles. The summed E-state index contributed by atoms with van der Waals surface area (Å²) in [5, 5.41) is 3.22. The molecule has 0 radical (unpaired) electrons. The summed E-state index contributed by atoms with van der Waals surface area (Å²) < 4.78 is 5.58. The van der Waals surface area contributed by atoms with Crippen LogP contribution in [0, 0.1) is 0 Å². The van der Waals surface area contributed by atoms with Gasteiger partial charge in [-0.15, -0.1) is 0 Å². The van der Waals surface area contributed by atoms with Crippen molar-refractivity contribution < 1.29 is 9.53 Å². The molecule has 0 aromatic heterocycles. The normalized spacial score (nSPS) is 13.1. The number of hydrogen-bond acceptors (Lipinski definition) is 3. The molecule has 100 valence electrons. The SMILES string of the molecule is CCOc1ccccc1C(C)NC(C)(C)C(N)=O. The van der Waals surface area contributed by atoms with Gasteiger partial charge in [0.05, 0.1) is 12.1 Å². The Labute approximate surface area is 109 Å². The summed E-state index contributed by atoms with van der Waals surface area (Å²) >= 11 is 0. The lowest BCUT2D eigenvalue weighted by Crippen LogP contribution is -2.51. The molecule has 1 amide bonds. The Hall–Kier alpha value is -1.55. The van der Waals surface area contributed by atoms with Crippen LogP contribution in [0.4, 0.5) is 0 Å². The molecule has 1 unspecified atom stereocenters. The molecule has 4 nitrogen and oxygen atoms in total. The van der Waals surface area contributed by atoms with E-state index < -0.39 is 5.54 Å². The van der Waals surface area contributed by atoms with Crippen LogP contribution in [0.25, 0.3) is 0 Å². The smallest absolute Gasteiger partial charge is 0.237 e. The lowest BCUT2D eigenvalue weighted by molar-refractivity contribution is -0.123. The average molecular weight is 250 g/mol. The highest BCUT2D eigenvalue weighted by Gasteiger charge is 2.27. The maximum Gasteiger partial charge on any atom is 0.237 e. The molecule has 1 atom stereocenters. The number of hydrogen-bond donors (Lipinski definition) is 2. The molecule has 0 fully saturated rings. The topological polar surface area (TPSA) is 64.3 Å². The minimum absolute atomic E-state index is 0.0183. The number of benzene rings is 1. The van der Waals surface area contributed by atoms with E-state index in [0.29, 0.717) is 6.61 Å². The summed E-state index contributed by atoms with van der Waals surface area (Å²) in [5.41, 5.74) is 5.63. The highest BCUT2D eigenvalue weighted by Crippen LogP contribution is 2.26. The Morgan fingerprint density at radius 3 is 2.61 bits per heavy atom. The van der Waals surface area contributed by atoms with E-state index >= 15 is 0 Å². The van der Waals surface area contributed by atoms with E-state index in [-0.39, 0.29) is 11.9 Å². The van der Waals surface area contributed by atoms with E-state index in [0.717, 1.165) is 11.3 Å². The molecule has 1 rings (SSSR count). The second-order valence-electron chi connectivity index (χ2n) is 4.83. The standard InChI is InChI=1S/C14H22N2O2/c1-5-18-12-9-7-6-8-11(12)10(2)16-14(3,4)13(15)17/h6-10,16H,5H2,1-4H3,(H2,15,17). The molecule has 4 heteroatoms. The molecule has 0 aliphatic carbocycles. The zero-order chi connectivity index (χ0) is 13.8. The van der Waals surface area contributed by atoms with E-state index in [9.17, 15) is 4.79 Å². The van der Waals surface area contributed by atoms with Gasteiger partial charge in [0, 0.05) is 11.6 Å². The van der Waals surface area contributed by atoms with Crippen molar-refractivity contribution in [3.05, 3.63) is 29.8 Å². The Balaban J connectivity index is 2.90. The van der Waals surface area contributed by atoms with Gasteiger partial charge < -0.3 is 10.5 Å². The number of rotatable bonds is 6. The Morgan fingerprint density at radius 2 is 2.06 bits per heavy atom. The summed E-state index contributed by atoms with van der Waals surface area (Å²) in [6.45, 7) is 8.10. The molecule has 0 saturated heterocycles. The molecule has 0 bridgehead atoms. The van der Waals surface area contributed by atoms with E-state index in [1.54, 1.807) is 13.8 Å². The molecule has 3 N–H and O–H groups in total. The first-order valence-corrected chi connectivity index (χ1v) is 6.17. The second kappa shape index (κ2) is 5.87. The molecular formula is C14H22N2O2. The third kappa shape index (κ3) is 3.47. The lowest BCUT2D eigenvalue weighted by atomic mass is 10.00. The minimum atomic E-state index is -0.751. The van der Waals surface area contributed by atoms with Gasteiger partial charge in [0.15, 0.2) is 0 Å². The summed E-state index contributed by atoms with van der Waals surface area (Å²) in [6.07, 6.45) is 0. The van der Waals surface area contributed by atoms with Crippen LogP contribution in [0.2, 0.25) is 0 Å². The zero-order valence-corrected chi connectivity index (χ0v) is 11.5. The molecule has 0 saturated carbocycles. The fourth-order valence-corrected chi connectivity index (χ4v) is 1.82. The first-order chi connectivity index (χ1) is 8.38. The largest absolute Gasteiger partial charge is 0.494 e. The number of nitrogens with two attached hydrogens (primary N) is 1. The van der Waals surface area contributed by atoms with Crippen molar-refractivity contribution in [2.75, 3.05) is 6.61 Å². The summed E-state index contributed by atoms with van der Waals surface area (Å²) in [7, 11) is 0. The van der Waals surface area contributed by atoms with Gasteiger partial charge in [0.2, 0.25) is 5.91 Å². The molecule has 18 heavy (non-hydrogen) atoms. The van der Waals surface area contributed by atoms with E-state index in [1.165, 1.54) is 0 Å². The number of nitrogens with one attached hydrogen (secondary N) is 1. The molecular weight excluding hydrogens is 228 g/mol. The van der Waals surface area contributed by atoms with Crippen molar-refractivity contribution in [2.45, 2.75) is 39.3 Å². The van der Waals surface area contributed by atoms with Crippen molar-refractivity contribution in [3.63, 3.8) is 0 Å². The average Bonchev–Trinajstić information content (AvgIpc) is 2.29. The fraction of sp³-hybridized carbons (Fsp3) is 0.500. The zero-order valence-electron chi connectivity index (χ0n) is 11.5. The van der Waals surface area contributed by atoms with Gasteiger partial charge in [-0.3, -0.25) is 10.1 Å². The summed E-state index contributed by atoms with van der Waals surface area (Å²) in [6, 6.07) is 7.78. The van der Waals surface area contributed by atoms with Crippen molar-refractivity contribution >= 4 is 5.91 Å². The number of para-hydroxylation sites is 1. The number of carbonyl (C=O) groups excluding carboxylic acids is 1. The van der Waals surface area contributed by atoms with Crippen LogP contribution in [0.3, 0.4) is 0 Å². The van der Waals surface area contributed by atoms with Crippen LogP contribution in [-0.2, 0) is 4.79 Å². The number of amides is 1. The van der Waals surface area contributed by atoms with Crippen LogP contribution >= 0.6 is 0 Å². The van der Waals surface area contributed by atoms with E-state index in [2.05, 4.69) is 5.32 Å². The summed E-state index contributed by atoms with van der Waals surface area (Å²) in [4.78, 5) is 11.3. The first kappa shape index (κ1) is 14.5. The maximum absolute atomic E-state index is 11.3. The van der Waals surface area contributed by atoms with Gasteiger partial charge in [-0.1, -0.05) is 18.2 Å². The predicted octanol–water partition coefficient (Wildman–Crippen LogP) is 2.00. The predicted molar refractivity (Wildman–Crippen MR) is 72.4 cm³/mol. The van der Waals surface area contributed by atoms with Gasteiger partial charge in [-0.2, -0.15) is 0 Å². The van der Waals surface area contributed by atoms with Crippen LogP contribution < -0.4 is 15.8 Å². The number of ether oxygens (including phenoxy) is 1. The van der Waals surface area contributed by atoms with Crippen molar-refractivity contribution in [3.8, 4) is 5.75 Å². The highest BCUT2D eigenvalue weighted by molar-refractivity contribution is 5.83. The molecule has 0 spiro atoms. The van der Waals surface area contributed by atoms with Crippen LogP contribution in [0.15, 0.2) is 24.3 Å². The third-order valence-corrected chi connectivity index (χ3v) is 2.88. The molecule has 0 aliphatic rings. The van der Waals surface area contributed by atoms with Crippen LogP contribution in [0.1, 0.15) is 39.3 Å². The molecule has 0 aliphatic heterocycles. The quantitative estimate of drug-likeness (QED) is 0.811. The lowest BCUT2D eigenvalue weighted by Gasteiger charge is -2.28. The Kier molecular flexibility index (Phi) is 4.73. The molecule has 1 aromatic rings. The molecule has 0 heterocycles.